The molecule has 14 heavy (non-hydrogen) atoms. The molecule has 0 aliphatic heterocycles. The fourth-order valence-corrected chi connectivity index (χ4v) is 1.89. The van der Waals surface area contributed by atoms with Gasteiger partial charge in [0.2, 0.25) is 0 Å². The van der Waals surface area contributed by atoms with Crippen molar-refractivity contribution in [2.45, 2.75) is 19.4 Å². The average molecular weight is 229 g/mol. The van der Waals surface area contributed by atoms with Crippen LogP contribution in [0, 0.1) is 0 Å². The van der Waals surface area contributed by atoms with Crippen LogP contribution in [0.3, 0.4) is 0 Å². The summed E-state index contributed by atoms with van der Waals surface area (Å²) in [7, 11) is 2.08. The van der Waals surface area contributed by atoms with Crippen molar-refractivity contribution in [2.75, 3.05) is 13.6 Å². The topological polar surface area (TPSA) is 42.1 Å². The Morgan fingerprint density at radius 3 is 3.07 bits per heavy atom. The summed E-state index contributed by atoms with van der Waals surface area (Å²) in [5.74, 6) is 0. The van der Waals surface area contributed by atoms with Crippen LogP contribution in [0.4, 0.5) is 0 Å². The molecular formula is C9H15N3S2. The van der Waals surface area contributed by atoms with Crippen molar-refractivity contribution in [3.63, 3.8) is 0 Å². The Balaban J connectivity index is 2.16. The van der Waals surface area contributed by atoms with E-state index in [9.17, 15) is 0 Å². The number of thiazole rings is 1. The van der Waals surface area contributed by atoms with Crippen molar-refractivity contribution in [3.05, 3.63) is 16.6 Å². The zero-order valence-corrected chi connectivity index (χ0v) is 9.90. The Kier molecular flexibility index (Phi) is 5.00. The van der Waals surface area contributed by atoms with Gasteiger partial charge in [-0.3, -0.25) is 0 Å². The SMILES string of the molecule is CN(CCCC(N)=S)Cc1cscn1. The second kappa shape index (κ2) is 6.06. The van der Waals surface area contributed by atoms with Crippen molar-refractivity contribution < 1.29 is 0 Å². The van der Waals surface area contributed by atoms with E-state index in [0.717, 1.165) is 31.6 Å². The van der Waals surface area contributed by atoms with Gasteiger partial charge in [-0.05, 0) is 26.4 Å². The van der Waals surface area contributed by atoms with E-state index >= 15 is 0 Å². The molecule has 0 unspecified atom stereocenters. The number of aromatic nitrogens is 1. The van der Waals surface area contributed by atoms with Crippen LogP contribution in [-0.4, -0.2) is 28.5 Å². The Morgan fingerprint density at radius 1 is 1.71 bits per heavy atom. The quantitative estimate of drug-likeness (QED) is 0.753. The molecule has 5 heteroatoms. The molecule has 0 aliphatic rings. The highest BCUT2D eigenvalue weighted by molar-refractivity contribution is 7.80. The molecule has 0 radical (unpaired) electrons. The summed E-state index contributed by atoms with van der Waals surface area (Å²) < 4.78 is 0. The smallest absolute Gasteiger partial charge is 0.0795 e. The molecule has 78 valence electrons. The maximum Gasteiger partial charge on any atom is 0.0795 e. The first-order chi connectivity index (χ1) is 6.68. The average Bonchev–Trinajstić information content (AvgIpc) is 2.56. The fourth-order valence-electron chi connectivity index (χ4n) is 1.19. The van der Waals surface area contributed by atoms with Crippen molar-refractivity contribution in [1.29, 1.82) is 0 Å². The van der Waals surface area contributed by atoms with E-state index in [-0.39, 0.29) is 0 Å². The van der Waals surface area contributed by atoms with E-state index in [4.69, 9.17) is 18.0 Å². The Hall–Kier alpha value is -0.520. The molecule has 0 aromatic carbocycles. The molecule has 1 rings (SSSR count). The number of nitrogens with two attached hydrogens (primary N) is 1. The highest BCUT2D eigenvalue weighted by Crippen LogP contribution is 2.04. The summed E-state index contributed by atoms with van der Waals surface area (Å²) in [6.45, 7) is 1.91. The molecule has 0 aliphatic carbocycles. The van der Waals surface area contributed by atoms with Gasteiger partial charge in [0.15, 0.2) is 0 Å². The molecule has 0 atom stereocenters. The second-order valence-electron chi connectivity index (χ2n) is 3.29. The minimum atomic E-state index is 0.604. The minimum Gasteiger partial charge on any atom is -0.393 e. The van der Waals surface area contributed by atoms with Gasteiger partial charge in [-0.2, -0.15) is 0 Å². The number of thiocarbonyl (C=S) groups is 1. The van der Waals surface area contributed by atoms with Crippen LogP contribution in [0.5, 0.6) is 0 Å². The lowest BCUT2D eigenvalue weighted by molar-refractivity contribution is 0.321. The molecule has 0 amide bonds. The van der Waals surface area contributed by atoms with Crippen LogP contribution in [0.25, 0.3) is 0 Å². The zero-order valence-electron chi connectivity index (χ0n) is 8.27. The molecule has 0 spiro atoms. The summed E-state index contributed by atoms with van der Waals surface area (Å²) in [5.41, 5.74) is 8.41. The highest BCUT2D eigenvalue weighted by Gasteiger charge is 2.01. The van der Waals surface area contributed by atoms with Gasteiger partial charge in [0, 0.05) is 11.9 Å². The third-order valence-corrected chi connectivity index (χ3v) is 2.72. The minimum absolute atomic E-state index is 0.604. The number of nitrogens with zero attached hydrogens (tertiary/aromatic N) is 2. The number of hydrogen-bond acceptors (Lipinski definition) is 4. The summed E-state index contributed by atoms with van der Waals surface area (Å²) >= 11 is 6.44. The second-order valence-corrected chi connectivity index (χ2v) is 4.53. The monoisotopic (exact) mass is 229 g/mol. The van der Waals surface area contributed by atoms with Crippen molar-refractivity contribution in [1.82, 2.24) is 9.88 Å². The predicted octanol–water partition coefficient (Wildman–Crippen LogP) is 1.64. The molecule has 2 N–H and O–H groups in total. The van der Waals surface area contributed by atoms with Gasteiger partial charge >= 0.3 is 0 Å². The Bertz CT molecular complexity index is 272. The van der Waals surface area contributed by atoms with Crippen LogP contribution in [-0.2, 0) is 6.54 Å². The lowest BCUT2D eigenvalue weighted by Gasteiger charge is -2.14. The van der Waals surface area contributed by atoms with Gasteiger partial charge < -0.3 is 10.6 Å². The molecule has 1 heterocycles. The van der Waals surface area contributed by atoms with Crippen molar-refractivity contribution in [2.24, 2.45) is 5.73 Å². The Labute approximate surface area is 93.9 Å². The van der Waals surface area contributed by atoms with Crippen molar-refractivity contribution >= 4 is 28.5 Å². The van der Waals surface area contributed by atoms with E-state index in [2.05, 4.69) is 22.3 Å². The van der Waals surface area contributed by atoms with Crippen LogP contribution in [0.15, 0.2) is 10.9 Å². The lowest BCUT2D eigenvalue weighted by Crippen LogP contribution is -2.20. The van der Waals surface area contributed by atoms with Crippen LogP contribution in [0.1, 0.15) is 18.5 Å². The third-order valence-electron chi connectivity index (χ3n) is 1.88. The third kappa shape index (κ3) is 4.64. The maximum absolute atomic E-state index is 5.42. The zero-order chi connectivity index (χ0) is 10.4. The van der Waals surface area contributed by atoms with Gasteiger partial charge in [-0.1, -0.05) is 12.2 Å². The summed E-state index contributed by atoms with van der Waals surface area (Å²) in [5, 5.41) is 2.07. The molecule has 3 nitrogen and oxygen atoms in total. The summed E-state index contributed by atoms with van der Waals surface area (Å²) in [6.07, 6.45) is 1.85. The molecule has 0 saturated carbocycles. The van der Waals surface area contributed by atoms with Gasteiger partial charge in [0.1, 0.15) is 0 Å². The Morgan fingerprint density at radius 2 is 2.50 bits per heavy atom. The highest BCUT2D eigenvalue weighted by atomic mass is 32.1. The van der Waals surface area contributed by atoms with Crippen LogP contribution < -0.4 is 5.73 Å². The molecule has 0 saturated heterocycles. The first-order valence-electron chi connectivity index (χ1n) is 4.52. The van der Waals surface area contributed by atoms with Gasteiger partial charge in [0.05, 0.1) is 16.2 Å². The van der Waals surface area contributed by atoms with Gasteiger partial charge in [-0.15, -0.1) is 11.3 Å². The molecule has 0 fully saturated rings. The molecular weight excluding hydrogens is 214 g/mol. The van der Waals surface area contributed by atoms with E-state index in [0.29, 0.717) is 4.99 Å². The predicted molar refractivity (Wildman–Crippen MR) is 64.5 cm³/mol. The first-order valence-corrected chi connectivity index (χ1v) is 5.87. The maximum atomic E-state index is 5.42. The molecule has 1 aromatic rings. The fraction of sp³-hybridized carbons (Fsp3) is 0.556. The summed E-state index contributed by atoms with van der Waals surface area (Å²) in [6, 6.07) is 0. The number of rotatable bonds is 6. The molecule has 0 bridgehead atoms. The van der Waals surface area contributed by atoms with E-state index < -0.39 is 0 Å². The van der Waals surface area contributed by atoms with Gasteiger partial charge in [-0.25, -0.2) is 4.98 Å². The van der Waals surface area contributed by atoms with E-state index in [1.807, 2.05) is 5.51 Å². The van der Waals surface area contributed by atoms with Crippen LogP contribution in [0.2, 0.25) is 0 Å². The van der Waals surface area contributed by atoms with Crippen molar-refractivity contribution in [3.8, 4) is 0 Å². The normalized spacial score (nSPS) is 10.7. The largest absolute Gasteiger partial charge is 0.393 e. The van der Waals surface area contributed by atoms with Gasteiger partial charge in [0.25, 0.3) is 0 Å². The lowest BCUT2D eigenvalue weighted by atomic mass is 10.3. The van der Waals surface area contributed by atoms with E-state index in [1.165, 1.54) is 0 Å². The van der Waals surface area contributed by atoms with Crippen LogP contribution >= 0.6 is 23.6 Å². The van der Waals surface area contributed by atoms with E-state index in [1.54, 1.807) is 11.3 Å². The first kappa shape index (κ1) is 11.6. The summed E-state index contributed by atoms with van der Waals surface area (Å²) in [4.78, 5) is 7.06. The molecule has 1 aromatic heterocycles. The standard InChI is InChI=1S/C9H15N3S2/c1-12(4-2-3-9(10)13)5-8-6-14-7-11-8/h6-7H,2-5H2,1H3,(H2,10,13). The number of hydrogen-bond donors (Lipinski definition) is 1.